The van der Waals surface area contributed by atoms with Gasteiger partial charge >= 0.3 is 5.97 Å². The van der Waals surface area contributed by atoms with E-state index in [1.165, 1.54) is 12.1 Å². The minimum Gasteiger partial charge on any atom is -0.489 e. The van der Waals surface area contributed by atoms with Gasteiger partial charge in [0.15, 0.2) is 0 Å². The molecule has 1 N–H and O–H groups in total. The normalized spacial score (nSPS) is 10.7. The van der Waals surface area contributed by atoms with Crippen LogP contribution in [-0.4, -0.2) is 16.1 Å². The van der Waals surface area contributed by atoms with Gasteiger partial charge in [0.1, 0.15) is 18.2 Å². The smallest absolute Gasteiger partial charge is 0.365 e. The molecular weight excluding hydrogens is 400 g/mol. The third-order valence-electron chi connectivity index (χ3n) is 3.53. The second-order valence-electron chi connectivity index (χ2n) is 5.40. The van der Waals surface area contributed by atoms with Crippen LogP contribution in [0, 0.1) is 5.82 Å². The average molecular weight is 412 g/mol. The Labute approximate surface area is 162 Å². The van der Waals surface area contributed by atoms with E-state index in [9.17, 15) is 9.18 Å². The maximum atomic E-state index is 13.1. The first kappa shape index (κ1) is 18.6. The molecule has 0 amide bonds. The highest BCUT2D eigenvalue weighted by Gasteiger charge is 2.13. The number of halogens is 3. The SMILES string of the molecule is O=C(O)c1nc(Cc2cc(Cl)ccc2OCc2ccc(F)cc2Cl)cs1. The third kappa shape index (κ3) is 4.52. The molecule has 0 saturated carbocycles. The zero-order valence-electron chi connectivity index (χ0n) is 13.2. The standard InChI is InChI=1S/C18H12Cl2FNO3S/c19-12-2-4-16(25-8-10-1-3-13(21)7-15(10)20)11(5-12)6-14-9-26-17(22-14)18(23)24/h1-5,7,9H,6,8H2,(H,23,24). The molecule has 3 aromatic rings. The summed E-state index contributed by atoms with van der Waals surface area (Å²) in [6, 6.07) is 9.26. The minimum atomic E-state index is -1.06. The zero-order chi connectivity index (χ0) is 18.7. The van der Waals surface area contributed by atoms with Crippen LogP contribution in [0.25, 0.3) is 0 Å². The van der Waals surface area contributed by atoms with Crippen LogP contribution in [0.2, 0.25) is 10.0 Å². The molecule has 0 spiro atoms. The fraction of sp³-hybridized carbons (Fsp3) is 0.111. The number of benzene rings is 2. The molecule has 0 atom stereocenters. The van der Waals surface area contributed by atoms with E-state index in [4.69, 9.17) is 33.0 Å². The molecule has 0 aliphatic rings. The minimum absolute atomic E-state index is 0.0302. The summed E-state index contributed by atoms with van der Waals surface area (Å²) in [5.74, 6) is -0.905. The summed E-state index contributed by atoms with van der Waals surface area (Å²) in [7, 11) is 0. The third-order valence-corrected chi connectivity index (χ3v) is 4.99. The summed E-state index contributed by atoms with van der Waals surface area (Å²) in [6.07, 6.45) is 0.372. The fourth-order valence-electron chi connectivity index (χ4n) is 2.30. The van der Waals surface area contributed by atoms with Crippen molar-refractivity contribution in [3.05, 3.63) is 79.5 Å². The molecule has 0 radical (unpaired) electrons. The molecule has 4 nitrogen and oxygen atoms in total. The van der Waals surface area contributed by atoms with Crippen LogP contribution in [0.15, 0.2) is 41.8 Å². The summed E-state index contributed by atoms with van der Waals surface area (Å²) in [5.41, 5.74) is 2.02. The van der Waals surface area contributed by atoms with E-state index in [-0.39, 0.29) is 16.6 Å². The van der Waals surface area contributed by atoms with Crippen molar-refractivity contribution in [2.45, 2.75) is 13.0 Å². The Kier molecular flexibility index (Phi) is 5.76. The van der Waals surface area contributed by atoms with Gasteiger partial charge in [0.05, 0.1) is 10.7 Å². The number of thiazole rings is 1. The fourth-order valence-corrected chi connectivity index (χ4v) is 3.37. The van der Waals surface area contributed by atoms with Gasteiger partial charge < -0.3 is 9.84 Å². The largest absolute Gasteiger partial charge is 0.489 e. The molecule has 0 fully saturated rings. The summed E-state index contributed by atoms with van der Waals surface area (Å²) in [4.78, 5) is 15.0. The second kappa shape index (κ2) is 8.03. The van der Waals surface area contributed by atoms with Crippen LogP contribution in [0.5, 0.6) is 5.75 Å². The Balaban J connectivity index is 1.79. The van der Waals surface area contributed by atoms with Crippen LogP contribution >= 0.6 is 34.5 Å². The Bertz CT molecular complexity index is 961. The number of hydrogen-bond acceptors (Lipinski definition) is 4. The summed E-state index contributed by atoms with van der Waals surface area (Å²) < 4.78 is 19.0. The van der Waals surface area contributed by atoms with Crippen molar-refractivity contribution >= 4 is 40.5 Å². The lowest BCUT2D eigenvalue weighted by atomic mass is 10.1. The van der Waals surface area contributed by atoms with Crippen molar-refractivity contribution in [1.29, 1.82) is 0 Å². The molecule has 0 aliphatic heterocycles. The van der Waals surface area contributed by atoms with Crippen LogP contribution in [-0.2, 0) is 13.0 Å². The van der Waals surface area contributed by atoms with E-state index < -0.39 is 11.8 Å². The summed E-state index contributed by atoms with van der Waals surface area (Å²) in [6.45, 7) is 0.158. The van der Waals surface area contributed by atoms with E-state index in [1.54, 1.807) is 29.6 Å². The van der Waals surface area contributed by atoms with E-state index in [2.05, 4.69) is 4.98 Å². The maximum absolute atomic E-state index is 13.1. The highest BCUT2D eigenvalue weighted by atomic mass is 35.5. The Morgan fingerprint density at radius 1 is 1.19 bits per heavy atom. The quantitative estimate of drug-likeness (QED) is 0.585. The zero-order valence-corrected chi connectivity index (χ0v) is 15.5. The molecule has 1 heterocycles. The van der Waals surface area contributed by atoms with Crippen molar-refractivity contribution in [3.63, 3.8) is 0 Å². The van der Waals surface area contributed by atoms with Gasteiger partial charge in [-0.2, -0.15) is 0 Å². The highest BCUT2D eigenvalue weighted by molar-refractivity contribution is 7.11. The molecule has 0 aliphatic carbocycles. The number of carboxylic acid groups (broad SMARTS) is 1. The van der Waals surface area contributed by atoms with Crippen LogP contribution in [0.1, 0.15) is 26.6 Å². The number of rotatable bonds is 6. The number of aromatic nitrogens is 1. The van der Waals surface area contributed by atoms with Gasteiger partial charge in [0.25, 0.3) is 0 Å². The van der Waals surface area contributed by atoms with Gasteiger partial charge in [-0.3, -0.25) is 0 Å². The topological polar surface area (TPSA) is 59.4 Å². The Hall–Kier alpha value is -2.15. The van der Waals surface area contributed by atoms with Crippen molar-refractivity contribution in [2.24, 2.45) is 0 Å². The van der Waals surface area contributed by atoms with E-state index in [0.717, 1.165) is 16.9 Å². The first-order chi connectivity index (χ1) is 12.4. The molecule has 2 aromatic carbocycles. The van der Waals surface area contributed by atoms with Gasteiger partial charge in [-0.1, -0.05) is 29.3 Å². The number of aromatic carboxylic acids is 1. The predicted octanol–water partition coefficient (Wildman–Crippen LogP) is 5.46. The van der Waals surface area contributed by atoms with Crippen molar-refractivity contribution in [1.82, 2.24) is 4.98 Å². The van der Waals surface area contributed by atoms with Gasteiger partial charge in [0.2, 0.25) is 5.01 Å². The monoisotopic (exact) mass is 411 g/mol. The van der Waals surface area contributed by atoms with Crippen LogP contribution in [0.3, 0.4) is 0 Å². The van der Waals surface area contributed by atoms with Gasteiger partial charge in [-0.05, 0) is 30.3 Å². The maximum Gasteiger partial charge on any atom is 0.365 e. The first-order valence-corrected chi connectivity index (χ1v) is 9.09. The predicted molar refractivity (Wildman–Crippen MR) is 99.1 cm³/mol. The van der Waals surface area contributed by atoms with Gasteiger partial charge in [-0.25, -0.2) is 14.2 Å². The molecule has 134 valence electrons. The lowest BCUT2D eigenvalue weighted by Crippen LogP contribution is -2.01. The van der Waals surface area contributed by atoms with Crippen molar-refractivity contribution in [3.8, 4) is 5.75 Å². The first-order valence-electron chi connectivity index (χ1n) is 7.45. The van der Waals surface area contributed by atoms with Crippen LogP contribution < -0.4 is 4.74 Å². The number of carboxylic acids is 1. The average Bonchev–Trinajstić information content (AvgIpc) is 3.04. The van der Waals surface area contributed by atoms with E-state index in [1.807, 2.05) is 0 Å². The summed E-state index contributed by atoms with van der Waals surface area (Å²) >= 11 is 13.1. The Morgan fingerprint density at radius 2 is 2.00 bits per heavy atom. The summed E-state index contributed by atoms with van der Waals surface area (Å²) in [5, 5.41) is 11.5. The molecule has 0 unspecified atom stereocenters. The van der Waals surface area contributed by atoms with Gasteiger partial charge in [-0.15, -0.1) is 11.3 Å². The van der Waals surface area contributed by atoms with Gasteiger partial charge in [0, 0.05) is 28.0 Å². The highest BCUT2D eigenvalue weighted by Crippen LogP contribution is 2.28. The van der Waals surface area contributed by atoms with E-state index >= 15 is 0 Å². The van der Waals surface area contributed by atoms with Crippen molar-refractivity contribution < 1.29 is 19.0 Å². The Morgan fingerprint density at radius 3 is 2.69 bits per heavy atom. The van der Waals surface area contributed by atoms with Crippen molar-refractivity contribution in [2.75, 3.05) is 0 Å². The molecule has 8 heteroatoms. The second-order valence-corrected chi connectivity index (χ2v) is 7.10. The molecule has 3 rings (SSSR count). The number of nitrogens with zero attached hydrogens (tertiary/aromatic N) is 1. The number of carbonyl (C=O) groups is 1. The number of hydrogen-bond donors (Lipinski definition) is 1. The van der Waals surface area contributed by atoms with E-state index in [0.29, 0.717) is 28.5 Å². The molecule has 26 heavy (non-hydrogen) atoms. The van der Waals surface area contributed by atoms with Crippen LogP contribution in [0.4, 0.5) is 4.39 Å². The number of ether oxygens (including phenoxy) is 1. The molecular formula is C18H12Cl2FNO3S. The lowest BCUT2D eigenvalue weighted by molar-refractivity contribution is 0.0696. The molecule has 0 saturated heterocycles. The lowest BCUT2D eigenvalue weighted by Gasteiger charge is -2.12. The molecule has 0 bridgehead atoms. The molecule has 1 aromatic heterocycles.